The number of rotatable bonds is 2. The lowest BCUT2D eigenvalue weighted by Gasteiger charge is -1.89. The minimum atomic E-state index is -0.593. The second kappa shape index (κ2) is 3.85. The molecule has 0 amide bonds. The summed E-state index contributed by atoms with van der Waals surface area (Å²) in [5.41, 5.74) is 0.634. The Balaban J connectivity index is 3.11. The molecule has 0 aromatic heterocycles. The van der Waals surface area contributed by atoms with Gasteiger partial charge in [0, 0.05) is 0 Å². The van der Waals surface area contributed by atoms with Crippen LogP contribution in [0, 0.1) is 0 Å². The molecule has 1 saturated heterocycles. The van der Waals surface area contributed by atoms with Gasteiger partial charge in [-0.1, -0.05) is 25.7 Å². The molecule has 0 aromatic rings. The quantitative estimate of drug-likeness (QED) is 0.366. The standard InChI is InChI=1S/C10H10O3/c1-3-5-7-8(6-4-2)10(12)13-9(7)11/h3,5-6H,1,4H2,2H3/b7-5+,8-6+. The number of hydrogen-bond donors (Lipinski definition) is 0. The van der Waals surface area contributed by atoms with Gasteiger partial charge in [0.05, 0.1) is 11.1 Å². The zero-order valence-corrected chi connectivity index (χ0v) is 7.37. The maximum atomic E-state index is 11.1. The van der Waals surface area contributed by atoms with E-state index in [1.54, 1.807) is 6.08 Å². The summed E-state index contributed by atoms with van der Waals surface area (Å²) in [6, 6.07) is 0. The van der Waals surface area contributed by atoms with Crippen molar-refractivity contribution in [2.24, 2.45) is 0 Å². The van der Waals surface area contributed by atoms with Gasteiger partial charge in [0.1, 0.15) is 0 Å². The van der Waals surface area contributed by atoms with Gasteiger partial charge in [0.25, 0.3) is 0 Å². The van der Waals surface area contributed by atoms with Crippen LogP contribution in [-0.2, 0) is 14.3 Å². The van der Waals surface area contributed by atoms with Crippen LogP contribution in [0.4, 0.5) is 0 Å². The third-order valence-corrected chi connectivity index (χ3v) is 1.61. The number of cyclic esters (lactones) is 2. The molecular formula is C10H10O3. The van der Waals surface area contributed by atoms with Crippen LogP contribution in [0.25, 0.3) is 0 Å². The Morgan fingerprint density at radius 2 is 1.92 bits per heavy atom. The van der Waals surface area contributed by atoms with Gasteiger partial charge in [-0.3, -0.25) is 0 Å². The highest BCUT2D eigenvalue weighted by atomic mass is 16.6. The van der Waals surface area contributed by atoms with E-state index in [4.69, 9.17) is 0 Å². The molecule has 1 rings (SSSR count). The van der Waals surface area contributed by atoms with E-state index in [-0.39, 0.29) is 0 Å². The van der Waals surface area contributed by atoms with Crippen LogP contribution < -0.4 is 0 Å². The topological polar surface area (TPSA) is 43.4 Å². The van der Waals surface area contributed by atoms with Crippen LogP contribution in [0.3, 0.4) is 0 Å². The fourth-order valence-corrected chi connectivity index (χ4v) is 1.09. The molecule has 1 heterocycles. The van der Waals surface area contributed by atoms with Gasteiger partial charge in [0.15, 0.2) is 0 Å². The highest BCUT2D eigenvalue weighted by molar-refractivity contribution is 6.18. The van der Waals surface area contributed by atoms with Crippen LogP contribution in [0.1, 0.15) is 13.3 Å². The van der Waals surface area contributed by atoms with Crippen molar-refractivity contribution in [1.82, 2.24) is 0 Å². The van der Waals surface area contributed by atoms with Gasteiger partial charge in [-0.05, 0) is 12.5 Å². The number of esters is 2. The molecule has 0 spiro atoms. The van der Waals surface area contributed by atoms with E-state index in [0.717, 1.165) is 0 Å². The highest BCUT2D eigenvalue weighted by Crippen LogP contribution is 2.22. The normalized spacial score (nSPS) is 22.5. The Morgan fingerprint density at radius 3 is 2.46 bits per heavy atom. The number of hydrogen-bond acceptors (Lipinski definition) is 3. The number of ether oxygens (including phenoxy) is 1. The van der Waals surface area contributed by atoms with Gasteiger partial charge >= 0.3 is 11.9 Å². The van der Waals surface area contributed by atoms with Crippen LogP contribution >= 0.6 is 0 Å². The molecule has 1 aliphatic heterocycles. The summed E-state index contributed by atoms with van der Waals surface area (Å²) >= 11 is 0. The lowest BCUT2D eigenvalue weighted by Crippen LogP contribution is -1.96. The van der Waals surface area contributed by atoms with Crippen molar-refractivity contribution in [2.75, 3.05) is 0 Å². The van der Waals surface area contributed by atoms with E-state index in [2.05, 4.69) is 11.3 Å². The van der Waals surface area contributed by atoms with Gasteiger partial charge in [0.2, 0.25) is 0 Å². The first-order chi connectivity index (χ1) is 6.20. The molecule has 0 aliphatic carbocycles. The fraction of sp³-hybridized carbons (Fsp3) is 0.200. The zero-order chi connectivity index (χ0) is 9.84. The van der Waals surface area contributed by atoms with Crippen LogP contribution in [0.5, 0.6) is 0 Å². The first-order valence-electron chi connectivity index (χ1n) is 4.00. The van der Waals surface area contributed by atoms with Crippen molar-refractivity contribution in [3.05, 3.63) is 36.0 Å². The van der Waals surface area contributed by atoms with Crippen LogP contribution in [0.15, 0.2) is 36.0 Å². The molecule has 0 radical (unpaired) electrons. The molecule has 0 atom stereocenters. The van der Waals surface area contributed by atoms with Crippen LogP contribution in [-0.4, -0.2) is 11.9 Å². The lowest BCUT2D eigenvalue weighted by atomic mass is 10.1. The maximum absolute atomic E-state index is 11.1. The smallest absolute Gasteiger partial charge is 0.346 e. The Morgan fingerprint density at radius 1 is 1.31 bits per heavy atom. The van der Waals surface area contributed by atoms with Gasteiger partial charge in [-0.2, -0.15) is 0 Å². The zero-order valence-electron chi connectivity index (χ0n) is 7.37. The Bertz CT molecular complexity index is 321. The van der Waals surface area contributed by atoms with E-state index in [0.29, 0.717) is 17.6 Å². The predicted molar refractivity (Wildman–Crippen MR) is 47.8 cm³/mol. The van der Waals surface area contributed by atoms with Gasteiger partial charge < -0.3 is 4.74 Å². The molecule has 0 aromatic carbocycles. The molecule has 1 fully saturated rings. The average molecular weight is 178 g/mol. The lowest BCUT2D eigenvalue weighted by molar-refractivity contribution is -0.149. The van der Waals surface area contributed by atoms with E-state index >= 15 is 0 Å². The summed E-state index contributed by atoms with van der Waals surface area (Å²) in [6.07, 6.45) is 5.29. The fourth-order valence-electron chi connectivity index (χ4n) is 1.09. The van der Waals surface area contributed by atoms with E-state index in [1.807, 2.05) is 6.92 Å². The van der Waals surface area contributed by atoms with Crippen molar-refractivity contribution in [3.63, 3.8) is 0 Å². The molecular weight excluding hydrogens is 168 g/mol. The Hall–Kier alpha value is -1.64. The molecule has 3 nitrogen and oxygen atoms in total. The van der Waals surface area contributed by atoms with Gasteiger partial charge in [-0.15, -0.1) is 0 Å². The van der Waals surface area contributed by atoms with E-state index in [9.17, 15) is 9.59 Å². The molecule has 0 unspecified atom stereocenters. The molecule has 0 saturated carbocycles. The van der Waals surface area contributed by atoms with Crippen molar-refractivity contribution < 1.29 is 14.3 Å². The SMILES string of the molecule is C=C/C=C1/C(=O)OC(=O)/C1=C/CC. The Kier molecular flexibility index (Phi) is 2.80. The van der Waals surface area contributed by atoms with E-state index < -0.39 is 11.9 Å². The molecule has 13 heavy (non-hydrogen) atoms. The Labute approximate surface area is 76.4 Å². The first-order valence-corrected chi connectivity index (χ1v) is 4.00. The average Bonchev–Trinajstić information content (AvgIpc) is 2.33. The summed E-state index contributed by atoms with van der Waals surface area (Å²) in [6.45, 7) is 5.34. The third-order valence-electron chi connectivity index (χ3n) is 1.61. The first kappa shape index (κ1) is 9.45. The van der Waals surface area contributed by atoms with Crippen molar-refractivity contribution in [1.29, 1.82) is 0 Å². The second-order valence-corrected chi connectivity index (χ2v) is 2.52. The minimum absolute atomic E-state index is 0.293. The largest absolute Gasteiger partial charge is 0.386 e. The second-order valence-electron chi connectivity index (χ2n) is 2.52. The van der Waals surface area contributed by atoms with Crippen LogP contribution in [0.2, 0.25) is 0 Å². The summed E-state index contributed by atoms with van der Waals surface area (Å²) in [5, 5.41) is 0. The predicted octanol–water partition coefficient (Wildman–Crippen LogP) is 1.52. The van der Waals surface area contributed by atoms with Gasteiger partial charge in [-0.25, -0.2) is 9.59 Å². The molecule has 3 heteroatoms. The van der Waals surface area contributed by atoms with Crippen molar-refractivity contribution >= 4 is 11.9 Å². The maximum Gasteiger partial charge on any atom is 0.346 e. The highest BCUT2D eigenvalue weighted by Gasteiger charge is 2.32. The monoisotopic (exact) mass is 178 g/mol. The number of carbonyl (C=O) groups excluding carboxylic acids is 2. The molecule has 0 bridgehead atoms. The van der Waals surface area contributed by atoms with Crippen molar-refractivity contribution in [3.8, 4) is 0 Å². The summed E-state index contributed by atoms with van der Waals surface area (Å²) in [4.78, 5) is 22.1. The molecule has 1 aliphatic rings. The minimum Gasteiger partial charge on any atom is -0.386 e. The molecule has 68 valence electrons. The summed E-state index contributed by atoms with van der Waals surface area (Å²) in [5.74, 6) is -1.16. The number of allylic oxidation sites excluding steroid dienone is 3. The van der Waals surface area contributed by atoms with Crippen molar-refractivity contribution in [2.45, 2.75) is 13.3 Å². The third kappa shape index (κ3) is 1.75. The number of carbonyl (C=O) groups is 2. The molecule has 0 N–H and O–H groups in total. The summed E-state index contributed by atoms with van der Waals surface area (Å²) in [7, 11) is 0. The summed E-state index contributed by atoms with van der Waals surface area (Å²) < 4.78 is 4.43. The van der Waals surface area contributed by atoms with E-state index in [1.165, 1.54) is 12.2 Å².